The van der Waals surface area contributed by atoms with E-state index < -0.39 is 0 Å². The minimum atomic E-state index is -0.110. The van der Waals surface area contributed by atoms with Crippen LogP contribution in [0.1, 0.15) is 29.6 Å². The molecule has 2 aromatic rings. The van der Waals surface area contributed by atoms with E-state index in [9.17, 15) is 4.79 Å². The van der Waals surface area contributed by atoms with Crippen LogP contribution >= 0.6 is 0 Å². The van der Waals surface area contributed by atoms with Gasteiger partial charge >= 0.3 is 0 Å². The van der Waals surface area contributed by atoms with Crippen molar-refractivity contribution < 1.29 is 9.53 Å². The molecule has 0 spiro atoms. The van der Waals surface area contributed by atoms with Gasteiger partial charge in [-0.1, -0.05) is 0 Å². The highest BCUT2D eigenvalue weighted by molar-refractivity contribution is 5.94. The monoisotopic (exact) mass is 365 g/mol. The van der Waals surface area contributed by atoms with E-state index in [-0.39, 0.29) is 11.9 Å². The summed E-state index contributed by atoms with van der Waals surface area (Å²) in [4.78, 5) is 27.7. The number of carbonyl (C=O) groups excluding carboxylic acids is 1. The van der Waals surface area contributed by atoms with E-state index in [0.717, 1.165) is 37.6 Å². The Morgan fingerprint density at radius 3 is 2.67 bits per heavy atom. The standard InChI is InChI=1S/C20H23N5O2/c26-20(15-8-22-19(23-9-15)14-3-5-21-6-4-14)24-16-7-17-12-27-18(13-1-2-13)11-25(17)10-16/h3-6,8-9,13,16-18H,1-2,7,10-12H2,(H,24,26)/t16-,17+,18-/m1/s1. The third kappa shape index (κ3) is 3.57. The molecule has 1 amide bonds. The van der Waals surface area contributed by atoms with Gasteiger partial charge in [-0.15, -0.1) is 0 Å². The van der Waals surface area contributed by atoms with Gasteiger partial charge in [0.1, 0.15) is 0 Å². The molecule has 2 saturated heterocycles. The van der Waals surface area contributed by atoms with E-state index in [1.807, 2.05) is 12.1 Å². The Bertz CT molecular complexity index is 809. The average molecular weight is 365 g/mol. The minimum Gasteiger partial charge on any atom is -0.375 e. The van der Waals surface area contributed by atoms with Crippen molar-refractivity contribution in [3.8, 4) is 11.4 Å². The Hall–Kier alpha value is -2.38. The van der Waals surface area contributed by atoms with E-state index in [1.54, 1.807) is 24.8 Å². The molecule has 0 aromatic carbocycles. The highest BCUT2D eigenvalue weighted by Gasteiger charge is 2.42. The van der Waals surface area contributed by atoms with Gasteiger partial charge in [-0.05, 0) is 37.3 Å². The Morgan fingerprint density at radius 2 is 1.93 bits per heavy atom. The van der Waals surface area contributed by atoms with Gasteiger partial charge in [0.2, 0.25) is 0 Å². The van der Waals surface area contributed by atoms with Crippen LogP contribution in [0.4, 0.5) is 0 Å². The van der Waals surface area contributed by atoms with E-state index in [1.165, 1.54) is 12.8 Å². The van der Waals surface area contributed by atoms with Crippen molar-refractivity contribution in [2.24, 2.45) is 5.92 Å². The van der Waals surface area contributed by atoms with Crippen molar-refractivity contribution in [3.63, 3.8) is 0 Å². The Kier molecular flexibility index (Phi) is 4.33. The third-order valence-corrected chi connectivity index (χ3v) is 5.78. The molecule has 3 fully saturated rings. The van der Waals surface area contributed by atoms with Gasteiger partial charge in [0.15, 0.2) is 5.82 Å². The number of nitrogens with zero attached hydrogens (tertiary/aromatic N) is 4. The summed E-state index contributed by atoms with van der Waals surface area (Å²) in [6, 6.07) is 4.28. The van der Waals surface area contributed by atoms with Crippen molar-refractivity contribution >= 4 is 5.91 Å². The molecule has 4 heterocycles. The van der Waals surface area contributed by atoms with Crippen LogP contribution in [0.3, 0.4) is 0 Å². The zero-order valence-corrected chi connectivity index (χ0v) is 15.1. The summed E-state index contributed by atoms with van der Waals surface area (Å²) in [5, 5.41) is 3.14. The van der Waals surface area contributed by atoms with Crippen molar-refractivity contribution in [1.29, 1.82) is 0 Å². The second kappa shape index (κ2) is 6.98. The number of hydrogen-bond donors (Lipinski definition) is 1. The fourth-order valence-electron chi connectivity index (χ4n) is 4.12. The molecule has 0 unspecified atom stereocenters. The highest BCUT2D eigenvalue weighted by atomic mass is 16.5. The maximum atomic E-state index is 12.6. The number of rotatable bonds is 4. The molecule has 1 aliphatic carbocycles. The molecular formula is C20H23N5O2. The predicted octanol–water partition coefficient (Wildman–Crippen LogP) is 1.52. The number of fused-ring (bicyclic) bond motifs is 1. The number of pyridine rings is 1. The fourth-order valence-corrected chi connectivity index (χ4v) is 4.12. The lowest BCUT2D eigenvalue weighted by atomic mass is 10.1. The summed E-state index contributed by atoms with van der Waals surface area (Å²) in [5.41, 5.74) is 1.37. The first-order valence-electron chi connectivity index (χ1n) is 9.65. The van der Waals surface area contributed by atoms with E-state index in [4.69, 9.17) is 4.74 Å². The Balaban J connectivity index is 1.20. The molecule has 1 saturated carbocycles. The Morgan fingerprint density at radius 1 is 1.15 bits per heavy atom. The van der Waals surface area contributed by atoms with Crippen LogP contribution < -0.4 is 5.32 Å². The minimum absolute atomic E-state index is 0.110. The first-order valence-corrected chi connectivity index (χ1v) is 9.65. The summed E-state index contributed by atoms with van der Waals surface area (Å²) in [6.45, 7) is 2.70. The van der Waals surface area contributed by atoms with Crippen LogP contribution in [-0.2, 0) is 4.74 Å². The lowest BCUT2D eigenvalue weighted by Crippen LogP contribution is -2.47. The van der Waals surface area contributed by atoms with Crippen LogP contribution in [0.5, 0.6) is 0 Å². The summed E-state index contributed by atoms with van der Waals surface area (Å²) >= 11 is 0. The Labute approximate surface area is 158 Å². The summed E-state index contributed by atoms with van der Waals surface area (Å²) in [7, 11) is 0. The summed E-state index contributed by atoms with van der Waals surface area (Å²) < 4.78 is 6.03. The van der Waals surface area contributed by atoms with Crippen LogP contribution in [0.2, 0.25) is 0 Å². The molecule has 3 atom stereocenters. The number of nitrogens with one attached hydrogen (secondary N) is 1. The molecule has 2 aromatic heterocycles. The summed E-state index contributed by atoms with van der Waals surface area (Å²) in [6.07, 6.45) is 10.5. The second-order valence-corrected chi connectivity index (χ2v) is 7.75. The lowest BCUT2D eigenvalue weighted by Gasteiger charge is -2.35. The van der Waals surface area contributed by atoms with Gasteiger partial charge in [-0.2, -0.15) is 0 Å². The molecule has 5 rings (SSSR count). The van der Waals surface area contributed by atoms with Crippen LogP contribution in [-0.4, -0.2) is 63.6 Å². The fraction of sp³-hybridized carbons (Fsp3) is 0.500. The van der Waals surface area contributed by atoms with Gasteiger partial charge < -0.3 is 10.1 Å². The maximum absolute atomic E-state index is 12.6. The van der Waals surface area contributed by atoms with E-state index >= 15 is 0 Å². The molecule has 27 heavy (non-hydrogen) atoms. The molecule has 0 bridgehead atoms. The molecule has 7 heteroatoms. The number of carbonyl (C=O) groups is 1. The van der Waals surface area contributed by atoms with E-state index in [0.29, 0.717) is 23.5 Å². The first kappa shape index (κ1) is 16.8. The molecule has 2 aliphatic heterocycles. The highest BCUT2D eigenvalue weighted by Crippen LogP contribution is 2.37. The molecule has 1 N–H and O–H groups in total. The number of ether oxygens (including phenoxy) is 1. The molecule has 7 nitrogen and oxygen atoms in total. The number of morpholine rings is 1. The van der Waals surface area contributed by atoms with Gasteiger partial charge in [0.25, 0.3) is 5.91 Å². The third-order valence-electron chi connectivity index (χ3n) is 5.78. The van der Waals surface area contributed by atoms with Gasteiger partial charge in [-0.25, -0.2) is 9.97 Å². The topological polar surface area (TPSA) is 80.2 Å². The van der Waals surface area contributed by atoms with Crippen LogP contribution in [0.25, 0.3) is 11.4 Å². The van der Waals surface area contributed by atoms with Gasteiger partial charge in [-0.3, -0.25) is 14.7 Å². The van der Waals surface area contributed by atoms with Crippen molar-refractivity contribution in [3.05, 3.63) is 42.5 Å². The number of amides is 1. The van der Waals surface area contributed by atoms with Crippen molar-refractivity contribution in [2.75, 3.05) is 19.7 Å². The molecule has 0 radical (unpaired) electrons. The molecular weight excluding hydrogens is 342 g/mol. The van der Waals surface area contributed by atoms with E-state index in [2.05, 4.69) is 25.2 Å². The van der Waals surface area contributed by atoms with Crippen LogP contribution in [0, 0.1) is 5.92 Å². The second-order valence-electron chi connectivity index (χ2n) is 7.75. The SMILES string of the molecule is O=C(N[C@@H]1C[C@H]2CO[C@@H](C3CC3)CN2C1)c1cnc(-c2ccncc2)nc1. The quantitative estimate of drug-likeness (QED) is 0.885. The first-order chi connectivity index (χ1) is 13.3. The van der Waals surface area contributed by atoms with Crippen LogP contribution in [0.15, 0.2) is 36.9 Å². The number of aromatic nitrogens is 3. The zero-order valence-electron chi connectivity index (χ0n) is 15.1. The maximum Gasteiger partial charge on any atom is 0.254 e. The average Bonchev–Trinajstić information content (AvgIpc) is 3.49. The molecule has 140 valence electrons. The number of hydrogen-bond acceptors (Lipinski definition) is 6. The summed E-state index contributed by atoms with van der Waals surface area (Å²) in [5.74, 6) is 1.24. The zero-order chi connectivity index (χ0) is 18.2. The van der Waals surface area contributed by atoms with Gasteiger partial charge in [0.05, 0.1) is 18.3 Å². The van der Waals surface area contributed by atoms with Gasteiger partial charge in [0, 0.05) is 55.5 Å². The lowest BCUT2D eigenvalue weighted by molar-refractivity contribution is -0.0581. The predicted molar refractivity (Wildman–Crippen MR) is 99.0 cm³/mol. The van der Waals surface area contributed by atoms with Crippen molar-refractivity contribution in [2.45, 2.75) is 37.5 Å². The molecule has 3 aliphatic rings. The van der Waals surface area contributed by atoms with Crippen molar-refractivity contribution in [1.82, 2.24) is 25.2 Å². The smallest absolute Gasteiger partial charge is 0.254 e. The normalized spacial score (nSPS) is 27.9. The largest absolute Gasteiger partial charge is 0.375 e.